The molecule has 3 heterocycles. The molecule has 2 aliphatic rings. The van der Waals surface area contributed by atoms with Crippen molar-refractivity contribution in [1.29, 1.82) is 0 Å². The highest BCUT2D eigenvalue weighted by molar-refractivity contribution is 5.79. The SMILES string of the molecule is CCc1nc2c(C)cc(C)nc2n1Cc1ccc(NC2CCC(C(=O)N3CCN(C(=O)OC(C)(C)C)CC3)CC2)cc1. The number of nitrogens with zero attached hydrogens (tertiary/aromatic N) is 5. The highest BCUT2D eigenvalue weighted by atomic mass is 16.6. The maximum atomic E-state index is 13.2. The zero-order valence-electron chi connectivity index (χ0n) is 26.1. The van der Waals surface area contributed by atoms with Gasteiger partial charge in [-0.05, 0) is 89.6 Å². The molecule has 42 heavy (non-hydrogen) atoms. The summed E-state index contributed by atoms with van der Waals surface area (Å²) < 4.78 is 7.73. The number of aryl methyl sites for hydroxylation is 3. The number of amides is 2. The van der Waals surface area contributed by atoms with Crippen LogP contribution in [0.2, 0.25) is 0 Å². The number of hydrogen-bond acceptors (Lipinski definition) is 6. The fourth-order valence-electron chi connectivity index (χ4n) is 6.19. The molecule has 1 saturated heterocycles. The van der Waals surface area contributed by atoms with Crippen LogP contribution in [0, 0.1) is 19.8 Å². The molecule has 0 unspecified atom stereocenters. The third-order valence-corrected chi connectivity index (χ3v) is 8.40. The molecule has 0 radical (unpaired) electrons. The van der Waals surface area contributed by atoms with Crippen LogP contribution in [0.1, 0.15) is 76.0 Å². The van der Waals surface area contributed by atoms with Gasteiger partial charge in [0.15, 0.2) is 5.65 Å². The number of carbonyl (C=O) groups is 2. The first kappa shape index (κ1) is 29.9. The summed E-state index contributed by atoms with van der Waals surface area (Å²) in [4.78, 5) is 38.9. The lowest BCUT2D eigenvalue weighted by Crippen LogP contribution is -2.53. The summed E-state index contributed by atoms with van der Waals surface area (Å²) in [6.07, 6.45) is 4.29. The van der Waals surface area contributed by atoms with Crippen LogP contribution in [-0.2, 0) is 22.5 Å². The van der Waals surface area contributed by atoms with Crippen LogP contribution in [0.3, 0.4) is 0 Å². The molecule has 2 aromatic heterocycles. The largest absolute Gasteiger partial charge is 0.444 e. The van der Waals surface area contributed by atoms with E-state index in [9.17, 15) is 9.59 Å². The maximum Gasteiger partial charge on any atom is 0.410 e. The van der Waals surface area contributed by atoms with Crippen LogP contribution in [0.5, 0.6) is 0 Å². The number of piperazine rings is 1. The molecule has 0 bridgehead atoms. The van der Waals surface area contributed by atoms with E-state index in [4.69, 9.17) is 14.7 Å². The molecule has 1 N–H and O–H groups in total. The van der Waals surface area contributed by atoms with Crippen molar-refractivity contribution in [3.05, 3.63) is 53.0 Å². The Kier molecular flexibility index (Phi) is 8.76. The average molecular weight is 575 g/mol. The molecule has 5 rings (SSSR count). The molecule has 2 amide bonds. The topological polar surface area (TPSA) is 92.6 Å². The molecule has 9 heteroatoms. The van der Waals surface area contributed by atoms with Crippen molar-refractivity contribution in [2.75, 3.05) is 31.5 Å². The Bertz CT molecular complexity index is 1410. The molecule has 2 fully saturated rings. The molecule has 0 atom stereocenters. The Hall–Kier alpha value is -3.62. The standard InChI is InChI=1S/C33H46N6O3/c1-7-28-36-29-22(2)20-23(3)34-30(29)39(28)21-24-8-12-26(13-9-24)35-27-14-10-25(11-15-27)31(40)37-16-18-38(19-17-37)32(41)42-33(4,5)6/h8-9,12-13,20,25,27,35H,7,10-11,14-19,21H2,1-6H3. The third kappa shape index (κ3) is 6.88. The fourth-order valence-corrected chi connectivity index (χ4v) is 6.19. The average Bonchev–Trinajstić information content (AvgIpc) is 3.30. The minimum Gasteiger partial charge on any atom is -0.444 e. The van der Waals surface area contributed by atoms with Gasteiger partial charge < -0.3 is 24.4 Å². The van der Waals surface area contributed by atoms with Crippen LogP contribution in [0.4, 0.5) is 10.5 Å². The summed E-state index contributed by atoms with van der Waals surface area (Å²) in [5, 5.41) is 3.70. The molecule has 1 aliphatic carbocycles. The molecule has 1 aliphatic heterocycles. The zero-order chi connectivity index (χ0) is 30.0. The third-order valence-electron chi connectivity index (χ3n) is 8.40. The number of anilines is 1. The van der Waals surface area contributed by atoms with E-state index >= 15 is 0 Å². The van der Waals surface area contributed by atoms with E-state index in [1.54, 1.807) is 4.90 Å². The van der Waals surface area contributed by atoms with Crippen LogP contribution < -0.4 is 5.32 Å². The highest BCUT2D eigenvalue weighted by Crippen LogP contribution is 2.29. The molecule has 1 saturated carbocycles. The summed E-state index contributed by atoms with van der Waals surface area (Å²) in [6, 6.07) is 11.1. The number of benzene rings is 1. The van der Waals surface area contributed by atoms with Crippen LogP contribution in [0.25, 0.3) is 11.2 Å². The van der Waals surface area contributed by atoms with Crippen molar-refractivity contribution >= 4 is 28.9 Å². The predicted molar refractivity (Wildman–Crippen MR) is 166 cm³/mol. The van der Waals surface area contributed by atoms with Gasteiger partial charge in [0.2, 0.25) is 5.91 Å². The Labute approximate surface area is 249 Å². The summed E-state index contributed by atoms with van der Waals surface area (Å²) in [5.74, 6) is 1.36. The second-order valence-electron chi connectivity index (χ2n) is 12.9. The molecule has 1 aromatic carbocycles. The monoisotopic (exact) mass is 574 g/mol. The summed E-state index contributed by atoms with van der Waals surface area (Å²) in [6.45, 7) is 14.8. The Balaban J connectivity index is 1.11. The number of ether oxygens (including phenoxy) is 1. The number of hydrogen-bond donors (Lipinski definition) is 1. The van der Waals surface area contributed by atoms with E-state index in [2.05, 4.69) is 54.1 Å². The van der Waals surface area contributed by atoms with Crippen LogP contribution in [-0.4, -0.2) is 74.2 Å². The van der Waals surface area contributed by atoms with E-state index in [-0.39, 0.29) is 17.9 Å². The van der Waals surface area contributed by atoms with Gasteiger partial charge in [-0.3, -0.25) is 4.79 Å². The molecule has 0 spiro atoms. The van der Waals surface area contributed by atoms with E-state index in [1.807, 2.05) is 32.6 Å². The first-order valence-corrected chi connectivity index (χ1v) is 15.5. The van der Waals surface area contributed by atoms with Crippen molar-refractivity contribution in [3.63, 3.8) is 0 Å². The number of fused-ring (bicyclic) bond motifs is 1. The van der Waals surface area contributed by atoms with Crippen molar-refractivity contribution in [2.45, 2.75) is 91.8 Å². The summed E-state index contributed by atoms with van der Waals surface area (Å²) >= 11 is 0. The quantitative estimate of drug-likeness (QED) is 0.406. The lowest BCUT2D eigenvalue weighted by molar-refractivity contribution is -0.138. The van der Waals surface area contributed by atoms with Gasteiger partial charge in [-0.25, -0.2) is 14.8 Å². The van der Waals surface area contributed by atoms with Crippen molar-refractivity contribution in [1.82, 2.24) is 24.3 Å². The zero-order valence-corrected chi connectivity index (χ0v) is 26.1. The fraction of sp³-hybridized carbons (Fsp3) is 0.576. The lowest BCUT2D eigenvalue weighted by Gasteiger charge is -2.38. The van der Waals surface area contributed by atoms with Gasteiger partial charge in [0, 0.05) is 55.9 Å². The van der Waals surface area contributed by atoms with E-state index in [0.717, 1.165) is 67.0 Å². The first-order valence-electron chi connectivity index (χ1n) is 15.5. The Morgan fingerprint density at radius 3 is 2.21 bits per heavy atom. The number of imidazole rings is 1. The Morgan fingerprint density at radius 2 is 1.60 bits per heavy atom. The van der Waals surface area contributed by atoms with E-state index in [1.165, 1.54) is 11.1 Å². The number of carbonyl (C=O) groups excluding carboxylic acids is 2. The molecule has 3 aromatic rings. The molecule has 9 nitrogen and oxygen atoms in total. The first-order chi connectivity index (χ1) is 20.0. The summed E-state index contributed by atoms with van der Waals surface area (Å²) in [5.41, 5.74) is 5.96. The predicted octanol–water partition coefficient (Wildman–Crippen LogP) is 5.71. The lowest BCUT2D eigenvalue weighted by atomic mass is 9.85. The van der Waals surface area contributed by atoms with Crippen molar-refractivity contribution in [3.8, 4) is 0 Å². The van der Waals surface area contributed by atoms with Gasteiger partial charge in [0.05, 0.1) is 6.54 Å². The number of aromatic nitrogens is 3. The molecular formula is C33H46N6O3. The second-order valence-corrected chi connectivity index (χ2v) is 12.9. The van der Waals surface area contributed by atoms with Gasteiger partial charge in [-0.1, -0.05) is 19.1 Å². The van der Waals surface area contributed by atoms with E-state index in [0.29, 0.717) is 32.2 Å². The number of nitrogens with one attached hydrogen (secondary N) is 1. The number of pyridine rings is 1. The van der Waals surface area contributed by atoms with E-state index < -0.39 is 5.60 Å². The highest BCUT2D eigenvalue weighted by Gasteiger charge is 2.33. The van der Waals surface area contributed by atoms with Gasteiger partial charge in [0.1, 0.15) is 16.9 Å². The van der Waals surface area contributed by atoms with Gasteiger partial charge in [-0.15, -0.1) is 0 Å². The number of rotatable bonds is 6. The van der Waals surface area contributed by atoms with Gasteiger partial charge in [-0.2, -0.15) is 0 Å². The van der Waals surface area contributed by atoms with Crippen LogP contribution in [0.15, 0.2) is 30.3 Å². The van der Waals surface area contributed by atoms with Gasteiger partial charge in [0.25, 0.3) is 0 Å². The van der Waals surface area contributed by atoms with Crippen molar-refractivity contribution < 1.29 is 14.3 Å². The Morgan fingerprint density at radius 1 is 0.952 bits per heavy atom. The summed E-state index contributed by atoms with van der Waals surface area (Å²) in [7, 11) is 0. The normalized spacial score (nSPS) is 19.7. The maximum absolute atomic E-state index is 13.2. The van der Waals surface area contributed by atoms with Gasteiger partial charge >= 0.3 is 6.09 Å². The second kappa shape index (κ2) is 12.3. The molecular weight excluding hydrogens is 528 g/mol. The smallest absolute Gasteiger partial charge is 0.410 e. The van der Waals surface area contributed by atoms with Crippen molar-refractivity contribution in [2.24, 2.45) is 5.92 Å². The minimum absolute atomic E-state index is 0.0668. The molecule has 226 valence electrons. The van der Waals surface area contributed by atoms with Crippen LogP contribution >= 0.6 is 0 Å². The minimum atomic E-state index is -0.510.